The van der Waals surface area contributed by atoms with Crippen LogP contribution in [0.25, 0.3) is 11.4 Å². The van der Waals surface area contributed by atoms with Gasteiger partial charge in [-0.1, -0.05) is 68.4 Å². The van der Waals surface area contributed by atoms with Gasteiger partial charge in [-0.3, -0.25) is 4.79 Å². The second-order valence-electron chi connectivity index (χ2n) is 9.01. The lowest BCUT2D eigenvalue weighted by atomic mass is 9.87. The Balaban J connectivity index is 1.58. The van der Waals surface area contributed by atoms with E-state index in [4.69, 9.17) is 4.52 Å². The molecule has 0 spiro atoms. The zero-order chi connectivity index (χ0) is 21.9. The average Bonchev–Trinajstić information content (AvgIpc) is 3.16. The van der Waals surface area contributed by atoms with E-state index in [0.29, 0.717) is 24.7 Å². The van der Waals surface area contributed by atoms with E-state index in [9.17, 15) is 4.79 Å². The largest absolute Gasteiger partial charge is 0.337 e. The van der Waals surface area contributed by atoms with Crippen molar-refractivity contribution in [1.29, 1.82) is 0 Å². The fourth-order valence-corrected chi connectivity index (χ4v) is 3.25. The molecule has 0 N–H and O–H groups in total. The van der Waals surface area contributed by atoms with Crippen LogP contribution < -0.4 is 0 Å². The molecule has 0 radical (unpaired) electrons. The maximum atomic E-state index is 12.5. The van der Waals surface area contributed by atoms with Crippen molar-refractivity contribution in [3.8, 4) is 11.4 Å². The van der Waals surface area contributed by atoms with Crippen molar-refractivity contribution < 1.29 is 9.32 Å². The van der Waals surface area contributed by atoms with E-state index in [1.807, 2.05) is 12.1 Å². The van der Waals surface area contributed by atoms with Gasteiger partial charge in [0.15, 0.2) is 0 Å². The van der Waals surface area contributed by atoms with Crippen LogP contribution in [0.4, 0.5) is 0 Å². The molecule has 0 atom stereocenters. The van der Waals surface area contributed by atoms with Crippen LogP contribution in [-0.2, 0) is 23.2 Å². The van der Waals surface area contributed by atoms with Gasteiger partial charge in [0, 0.05) is 19.0 Å². The molecule has 0 bridgehead atoms. The average molecular weight is 406 g/mol. The van der Waals surface area contributed by atoms with Crippen molar-refractivity contribution in [3.63, 3.8) is 0 Å². The van der Waals surface area contributed by atoms with Gasteiger partial charge in [0.2, 0.25) is 17.6 Å². The first-order valence-electron chi connectivity index (χ1n) is 10.4. The summed E-state index contributed by atoms with van der Waals surface area (Å²) in [4.78, 5) is 18.6. The third kappa shape index (κ3) is 5.35. The van der Waals surface area contributed by atoms with E-state index in [2.05, 4.69) is 75.1 Å². The predicted octanol–water partition coefficient (Wildman–Crippen LogP) is 5.24. The van der Waals surface area contributed by atoms with E-state index in [1.54, 1.807) is 11.9 Å². The lowest BCUT2D eigenvalue weighted by molar-refractivity contribution is -0.130. The van der Waals surface area contributed by atoms with Gasteiger partial charge in [0.1, 0.15) is 0 Å². The Morgan fingerprint density at radius 1 is 1.03 bits per heavy atom. The van der Waals surface area contributed by atoms with Crippen LogP contribution in [0.1, 0.15) is 55.3 Å². The van der Waals surface area contributed by atoms with Crippen molar-refractivity contribution in [2.24, 2.45) is 0 Å². The number of aromatic nitrogens is 2. The predicted molar refractivity (Wildman–Crippen MR) is 119 cm³/mol. The van der Waals surface area contributed by atoms with Crippen LogP contribution in [-0.4, -0.2) is 28.0 Å². The summed E-state index contributed by atoms with van der Waals surface area (Å²) in [5.74, 6) is 1.04. The summed E-state index contributed by atoms with van der Waals surface area (Å²) < 4.78 is 5.37. The Kier molecular flexibility index (Phi) is 6.40. The number of carbonyl (C=O) groups is 1. The van der Waals surface area contributed by atoms with Gasteiger partial charge in [-0.2, -0.15) is 4.98 Å². The molecular formula is C25H31N3O2. The van der Waals surface area contributed by atoms with Crippen molar-refractivity contribution in [1.82, 2.24) is 15.0 Å². The number of hydrogen-bond acceptors (Lipinski definition) is 4. The van der Waals surface area contributed by atoms with Crippen LogP contribution in [0.2, 0.25) is 0 Å². The number of benzene rings is 2. The zero-order valence-corrected chi connectivity index (χ0v) is 18.8. The summed E-state index contributed by atoms with van der Waals surface area (Å²) >= 11 is 0. The first kappa shape index (κ1) is 21.8. The van der Waals surface area contributed by atoms with E-state index < -0.39 is 0 Å². The lowest BCUT2D eigenvalue weighted by Crippen LogP contribution is -2.26. The minimum absolute atomic E-state index is 0.0579. The molecule has 158 valence electrons. The highest BCUT2D eigenvalue weighted by molar-refractivity contribution is 5.76. The SMILES string of the molecule is Cc1ccc(CCC(=O)N(C)Cc2nc(-c3ccc(C(C)(C)C)cc3)no2)cc1C. The molecule has 5 heteroatoms. The molecule has 1 amide bonds. The highest BCUT2D eigenvalue weighted by Gasteiger charge is 2.17. The number of rotatable bonds is 6. The molecule has 1 aromatic heterocycles. The van der Waals surface area contributed by atoms with E-state index in [1.165, 1.54) is 22.3 Å². The van der Waals surface area contributed by atoms with E-state index >= 15 is 0 Å². The Morgan fingerprint density at radius 3 is 2.37 bits per heavy atom. The summed E-state index contributed by atoms with van der Waals surface area (Å²) in [7, 11) is 1.77. The minimum Gasteiger partial charge on any atom is -0.337 e. The second-order valence-corrected chi connectivity index (χ2v) is 9.01. The molecule has 0 aliphatic heterocycles. The third-order valence-electron chi connectivity index (χ3n) is 5.47. The first-order chi connectivity index (χ1) is 14.1. The molecule has 3 rings (SSSR count). The van der Waals surface area contributed by atoms with Gasteiger partial charge in [-0.15, -0.1) is 0 Å². The van der Waals surface area contributed by atoms with E-state index in [0.717, 1.165) is 12.0 Å². The molecular weight excluding hydrogens is 374 g/mol. The topological polar surface area (TPSA) is 59.2 Å². The molecule has 2 aromatic carbocycles. The van der Waals surface area contributed by atoms with E-state index in [-0.39, 0.29) is 11.3 Å². The highest BCUT2D eigenvalue weighted by Crippen LogP contribution is 2.25. The van der Waals surface area contributed by atoms with Gasteiger partial charge in [0.05, 0.1) is 6.54 Å². The summed E-state index contributed by atoms with van der Waals surface area (Å²) in [6.07, 6.45) is 1.17. The standard InChI is InChI=1S/C25H31N3O2/c1-17-7-8-19(15-18(17)2)9-14-23(29)28(6)16-22-26-24(27-30-22)20-10-12-21(13-11-20)25(3,4)5/h7-8,10-13,15H,9,14,16H2,1-6H3. The Morgan fingerprint density at radius 2 is 1.73 bits per heavy atom. The molecule has 30 heavy (non-hydrogen) atoms. The monoisotopic (exact) mass is 405 g/mol. The Labute approximate surface area is 179 Å². The minimum atomic E-state index is 0.0579. The normalized spacial score (nSPS) is 11.5. The maximum Gasteiger partial charge on any atom is 0.246 e. The molecule has 0 aliphatic carbocycles. The van der Waals surface area contributed by atoms with Crippen molar-refractivity contribution in [2.45, 2.75) is 59.4 Å². The summed E-state index contributed by atoms with van der Waals surface area (Å²) in [5.41, 5.74) is 5.95. The molecule has 0 saturated carbocycles. The lowest BCUT2D eigenvalue weighted by Gasteiger charge is -2.18. The van der Waals surface area contributed by atoms with Gasteiger partial charge in [0.25, 0.3) is 0 Å². The zero-order valence-electron chi connectivity index (χ0n) is 18.8. The molecule has 1 heterocycles. The van der Waals surface area contributed by atoms with Crippen molar-refractivity contribution in [3.05, 3.63) is 70.6 Å². The summed E-state index contributed by atoms with van der Waals surface area (Å²) in [6.45, 7) is 11.0. The van der Waals surface area contributed by atoms with Crippen LogP contribution >= 0.6 is 0 Å². The number of hydrogen-bond donors (Lipinski definition) is 0. The summed E-state index contributed by atoms with van der Waals surface area (Å²) in [6, 6.07) is 14.5. The number of aryl methyl sites for hydroxylation is 3. The molecule has 5 nitrogen and oxygen atoms in total. The van der Waals surface area contributed by atoms with Gasteiger partial charge >= 0.3 is 0 Å². The molecule has 0 saturated heterocycles. The van der Waals surface area contributed by atoms with Crippen LogP contribution in [0.15, 0.2) is 47.0 Å². The smallest absolute Gasteiger partial charge is 0.246 e. The van der Waals surface area contributed by atoms with Crippen LogP contribution in [0.5, 0.6) is 0 Å². The Hall–Kier alpha value is -2.95. The molecule has 0 aliphatic rings. The fourth-order valence-electron chi connectivity index (χ4n) is 3.25. The Bertz CT molecular complexity index is 1010. The third-order valence-corrected chi connectivity index (χ3v) is 5.47. The number of nitrogens with zero attached hydrogens (tertiary/aromatic N) is 3. The van der Waals surface area contributed by atoms with Gasteiger partial charge < -0.3 is 9.42 Å². The highest BCUT2D eigenvalue weighted by atomic mass is 16.5. The number of carbonyl (C=O) groups excluding carboxylic acids is 1. The van der Waals surface area contributed by atoms with Crippen molar-refractivity contribution in [2.75, 3.05) is 7.05 Å². The maximum absolute atomic E-state index is 12.5. The summed E-state index contributed by atoms with van der Waals surface area (Å²) in [5, 5.41) is 4.08. The molecule has 3 aromatic rings. The van der Waals surface area contributed by atoms with Crippen molar-refractivity contribution >= 4 is 5.91 Å². The van der Waals surface area contributed by atoms with Crippen LogP contribution in [0.3, 0.4) is 0 Å². The number of amides is 1. The fraction of sp³-hybridized carbons (Fsp3) is 0.400. The van der Waals surface area contributed by atoms with Crippen LogP contribution in [0, 0.1) is 13.8 Å². The molecule has 0 unspecified atom stereocenters. The second kappa shape index (κ2) is 8.82. The molecule has 0 fully saturated rings. The quantitative estimate of drug-likeness (QED) is 0.562. The van der Waals surface area contributed by atoms with Gasteiger partial charge in [-0.05, 0) is 47.9 Å². The van der Waals surface area contributed by atoms with Gasteiger partial charge in [-0.25, -0.2) is 0 Å². The first-order valence-corrected chi connectivity index (χ1v) is 10.4.